The Balaban J connectivity index is 2.10. The van der Waals surface area contributed by atoms with Gasteiger partial charge in [0, 0.05) is 22.3 Å². The summed E-state index contributed by atoms with van der Waals surface area (Å²) in [5.74, 6) is -0.596. The van der Waals surface area contributed by atoms with Gasteiger partial charge in [-0.2, -0.15) is 0 Å². The van der Waals surface area contributed by atoms with E-state index in [2.05, 4.69) is 26.2 Å². The number of benzene rings is 1. The molecule has 1 aromatic heterocycles. The van der Waals surface area contributed by atoms with Crippen LogP contribution in [-0.4, -0.2) is 10.9 Å². The smallest absolute Gasteiger partial charge is 0.253 e. The van der Waals surface area contributed by atoms with Crippen molar-refractivity contribution >= 4 is 21.8 Å². The first-order valence-electron chi connectivity index (χ1n) is 6.14. The van der Waals surface area contributed by atoms with Crippen LogP contribution < -0.4 is 5.32 Å². The van der Waals surface area contributed by atoms with Crippen LogP contribution in [0.15, 0.2) is 34.8 Å². The van der Waals surface area contributed by atoms with Crippen LogP contribution in [0.2, 0.25) is 0 Å². The monoisotopic (exact) mass is 336 g/mol. The molecule has 0 unspecified atom stereocenters. The quantitative estimate of drug-likeness (QED) is 0.931. The molecule has 2 rings (SSSR count). The van der Waals surface area contributed by atoms with Crippen molar-refractivity contribution in [1.29, 1.82) is 0 Å². The van der Waals surface area contributed by atoms with E-state index in [1.807, 2.05) is 6.92 Å². The number of carbonyl (C=O) groups is 1. The Morgan fingerprint density at radius 1 is 1.30 bits per heavy atom. The summed E-state index contributed by atoms with van der Waals surface area (Å²) in [6.45, 7) is 3.78. The second-order valence-electron chi connectivity index (χ2n) is 4.50. The first-order chi connectivity index (χ1) is 9.47. The van der Waals surface area contributed by atoms with E-state index in [4.69, 9.17) is 0 Å². The van der Waals surface area contributed by atoms with Crippen molar-refractivity contribution in [2.45, 2.75) is 20.4 Å². The summed E-state index contributed by atoms with van der Waals surface area (Å²) in [7, 11) is 0. The van der Waals surface area contributed by atoms with Gasteiger partial charge >= 0.3 is 0 Å². The minimum Gasteiger partial charge on any atom is -0.348 e. The van der Waals surface area contributed by atoms with E-state index in [0.717, 1.165) is 10.2 Å². The van der Waals surface area contributed by atoms with Crippen LogP contribution in [-0.2, 0) is 6.54 Å². The van der Waals surface area contributed by atoms with E-state index >= 15 is 0 Å². The van der Waals surface area contributed by atoms with Gasteiger partial charge in [-0.05, 0) is 44.2 Å². The van der Waals surface area contributed by atoms with Crippen molar-refractivity contribution in [3.05, 3.63) is 63.1 Å². The van der Waals surface area contributed by atoms with Crippen LogP contribution in [0.25, 0.3) is 0 Å². The molecule has 1 amide bonds. The Kier molecular flexibility index (Phi) is 4.49. The standard InChI is InChI=1S/C15H14BrFN2O/c1-9-3-5-13(10(2)19-9)15(20)18-8-11-7-12(16)4-6-14(11)17/h3-7H,8H2,1-2H3,(H,18,20). The Labute approximate surface area is 125 Å². The van der Waals surface area contributed by atoms with Gasteiger partial charge in [0.1, 0.15) is 5.82 Å². The zero-order chi connectivity index (χ0) is 14.7. The van der Waals surface area contributed by atoms with Crippen molar-refractivity contribution in [1.82, 2.24) is 10.3 Å². The summed E-state index contributed by atoms with van der Waals surface area (Å²) in [5.41, 5.74) is 2.46. The molecule has 1 aromatic carbocycles. The number of nitrogens with one attached hydrogen (secondary N) is 1. The lowest BCUT2D eigenvalue weighted by Crippen LogP contribution is -2.24. The van der Waals surface area contributed by atoms with Crippen LogP contribution in [0.4, 0.5) is 4.39 Å². The maximum atomic E-state index is 13.6. The van der Waals surface area contributed by atoms with Crippen molar-refractivity contribution in [3.8, 4) is 0 Å². The molecule has 2 aromatic rings. The van der Waals surface area contributed by atoms with E-state index < -0.39 is 0 Å². The van der Waals surface area contributed by atoms with Gasteiger partial charge in [-0.1, -0.05) is 15.9 Å². The van der Waals surface area contributed by atoms with E-state index in [-0.39, 0.29) is 18.3 Å². The molecule has 0 aliphatic heterocycles. The first-order valence-corrected chi connectivity index (χ1v) is 6.93. The average Bonchev–Trinajstić information content (AvgIpc) is 2.39. The molecule has 0 radical (unpaired) electrons. The van der Waals surface area contributed by atoms with Gasteiger partial charge in [0.2, 0.25) is 0 Å². The number of rotatable bonds is 3. The summed E-state index contributed by atoms with van der Waals surface area (Å²) in [5, 5.41) is 2.70. The maximum absolute atomic E-state index is 13.6. The molecule has 20 heavy (non-hydrogen) atoms. The number of aromatic nitrogens is 1. The number of hydrogen-bond donors (Lipinski definition) is 1. The molecule has 0 saturated heterocycles. The van der Waals surface area contributed by atoms with Crippen molar-refractivity contribution in [3.63, 3.8) is 0 Å². The van der Waals surface area contributed by atoms with Crippen molar-refractivity contribution in [2.24, 2.45) is 0 Å². The second-order valence-corrected chi connectivity index (χ2v) is 5.42. The van der Waals surface area contributed by atoms with Crippen LogP contribution >= 0.6 is 15.9 Å². The fourth-order valence-corrected chi connectivity index (χ4v) is 2.28. The van der Waals surface area contributed by atoms with Crippen LogP contribution in [0.1, 0.15) is 27.3 Å². The predicted octanol–water partition coefficient (Wildman–Crippen LogP) is 3.53. The molecule has 0 spiro atoms. The highest BCUT2D eigenvalue weighted by atomic mass is 79.9. The summed E-state index contributed by atoms with van der Waals surface area (Å²) in [6.07, 6.45) is 0. The van der Waals surface area contributed by atoms with Crippen LogP contribution in [0.3, 0.4) is 0 Å². The van der Waals surface area contributed by atoms with E-state index in [1.165, 1.54) is 6.07 Å². The van der Waals surface area contributed by atoms with Gasteiger partial charge in [-0.3, -0.25) is 9.78 Å². The fraction of sp³-hybridized carbons (Fsp3) is 0.200. The molecule has 0 aliphatic carbocycles. The van der Waals surface area contributed by atoms with Gasteiger partial charge < -0.3 is 5.32 Å². The van der Waals surface area contributed by atoms with Gasteiger partial charge in [0.25, 0.3) is 5.91 Å². The normalized spacial score (nSPS) is 10.4. The fourth-order valence-electron chi connectivity index (χ4n) is 1.88. The molecule has 0 fully saturated rings. The molecule has 0 bridgehead atoms. The molecule has 3 nitrogen and oxygen atoms in total. The topological polar surface area (TPSA) is 42.0 Å². The summed E-state index contributed by atoms with van der Waals surface area (Å²) < 4.78 is 14.3. The molecular formula is C15H14BrFN2O. The second kappa shape index (κ2) is 6.13. The third-order valence-corrected chi connectivity index (χ3v) is 3.41. The van der Waals surface area contributed by atoms with Crippen molar-refractivity contribution < 1.29 is 9.18 Å². The number of halogens is 2. The Morgan fingerprint density at radius 2 is 2.05 bits per heavy atom. The molecule has 104 valence electrons. The van der Waals surface area contributed by atoms with Gasteiger partial charge in [0.15, 0.2) is 0 Å². The molecule has 0 aliphatic rings. The summed E-state index contributed by atoms with van der Waals surface area (Å²) >= 11 is 3.28. The molecule has 1 heterocycles. The van der Waals surface area contributed by atoms with Gasteiger partial charge in [0.05, 0.1) is 11.3 Å². The number of hydrogen-bond acceptors (Lipinski definition) is 2. The number of aryl methyl sites for hydroxylation is 2. The number of nitrogens with zero attached hydrogens (tertiary/aromatic N) is 1. The lowest BCUT2D eigenvalue weighted by Gasteiger charge is -2.09. The average molecular weight is 337 g/mol. The highest BCUT2D eigenvalue weighted by Gasteiger charge is 2.11. The zero-order valence-corrected chi connectivity index (χ0v) is 12.8. The molecule has 0 atom stereocenters. The minimum absolute atomic E-state index is 0.136. The number of pyridine rings is 1. The predicted molar refractivity (Wildman–Crippen MR) is 79.0 cm³/mol. The van der Waals surface area contributed by atoms with Crippen LogP contribution in [0.5, 0.6) is 0 Å². The molecular weight excluding hydrogens is 323 g/mol. The molecule has 5 heteroatoms. The minimum atomic E-state index is -0.341. The Bertz CT molecular complexity index is 658. The first kappa shape index (κ1) is 14.7. The SMILES string of the molecule is Cc1ccc(C(=O)NCc2cc(Br)ccc2F)c(C)n1. The maximum Gasteiger partial charge on any atom is 0.253 e. The highest BCUT2D eigenvalue weighted by molar-refractivity contribution is 9.10. The molecule has 1 N–H and O–H groups in total. The lowest BCUT2D eigenvalue weighted by atomic mass is 10.1. The largest absolute Gasteiger partial charge is 0.348 e. The Hall–Kier alpha value is -1.75. The number of amides is 1. The Morgan fingerprint density at radius 3 is 2.75 bits per heavy atom. The van der Waals surface area contributed by atoms with Gasteiger partial charge in [-0.25, -0.2) is 4.39 Å². The van der Waals surface area contributed by atoms with Gasteiger partial charge in [-0.15, -0.1) is 0 Å². The number of carbonyl (C=O) groups excluding carboxylic acids is 1. The van der Waals surface area contributed by atoms with Crippen molar-refractivity contribution in [2.75, 3.05) is 0 Å². The lowest BCUT2D eigenvalue weighted by molar-refractivity contribution is 0.0949. The summed E-state index contributed by atoms with van der Waals surface area (Å²) in [4.78, 5) is 16.3. The van der Waals surface area contributed by atoms with E-state index in [1.54, 1.807) is 31.2 Å². The third kappa shape index (κ3) is 3.42. The van der Waals surface area contributed by atoms with E-state index in [9.17, 15) is 9.18 Å². The third-order valence-electron chi connectivity index (χ3n) is 2.92. The zero-order valence-electron chi connectivity index (χ0n) is 11.2. The van der Waals surface area contributed by atoms with Crippen LogP contribution in [0, 0.1) is 19.7 Å². The summed E-state index contributed by atoms with van der Waals surface area (Å²) in [6, 6.07) is 8.14. The molecule has 0 saturated carbocycles. The highest BCUT2D eigenvalue weighted by Crippen LogP contribution is 2.15. The van der Waals surface area contributed by atoms with E-state index in [0.29, 0.717) is 16.8 Å².